The van der Waals surface area contributed by atoms with Crippen molar-refractivity contribution in [1.82, 2.24) is 0 Å². The van der Waals surface area contributed by atoms with Gasteiger partial charge in [0.15, 0.2) is 0 Å². The van der Waals surface area contributed by atoms with Crippen LogP contribution in [0.4, 0.5) is 0 Å². The van der Waals surface area contributed by atoms with Gasteiger partial charge in [0, 0.05) is 12.8 Å². The van der Waals surface area contributed by atoms with Gasteiger partial charge in [-0.25, -0.2) is 0 Å². The number of methoxy groups -OCH3 is 2. The third-order valence-electron chi connectivity index (χ3n) is 2.72. The molecular formula is C13H24O4. The van der Waals surface area contributed by atoms with Gasteiger partial charge < -0.3 is 9.47 Å². The van der Waals surface area contributed by atoms with E-state index in [-0.39, 0.29) is 11.9 Å². The molecule has 4 heteroatoms. The Morgan fingerprint density at radius 2 is 0.941 bits per heavy atom. The SMILES string of the molecule is COC(=O)CCCCCCCCCC(=O)OC. The maximum atomic E-state index is 10.8. The van der Waals surface area contributed by atoms with Crippen LogP contribution in [0.25, 0.3) is 0 Å². The smallest absolute Gasteiger partial charge is 0.305 e. The molecule has 0 aromatic rings. The summed E-state index contributed by atoms with van der Waals surface area (Å²) >= 11 is 0. The Kier molecular flexibility index (Phi) is 10.7. The summed E-state index contributed by atoms with van der Waals surface area (Å²) in [6, 6.07) is 0. The Balaban J connectivity index is 3.08. The first-order chi connectivity index (χ1) is 8.20. The zero-order valence-corrected chi connectivity index (χ0v) is 11.0. The molecule has 0 N–H and O–H groups in total. The normalized spacial score (nSPS) is 10.0. The quantitative estimate of drug-likeness (QED) is 0.438. The van der Waals surface area contributed by atoms with Gasteiger partial charge in [-0.15, -0.1) is 0 Å². The van der Waals surface area contributed by atoms with Crippen molar-refractivity contribution < 1.29 is 19.1 Å². The minimum absolute atomic E-state index is 0.122. The lowest BCUT2D eigenvalue weighted by molar-refractivity contribution is -0.141. The first kappa shape index (κ1) is 15.9. The summed E-state index contributed by atoms with van der Waals surface area (Å²) in [6.45, 7) is 0. The van der Waals surface area contributed by atoms with E-state index >= 15 is 0 Å². The highest BCUT2D eigenvalue weighted by molar-refractivity contribution is 5.69. The van der Waals surface area contributed by atoms with E-state index in [2.05, 4.69) is 9.47 Å². The number of ether oxygens (including phenoxy) is 2. The van der Waals surface area contributed by atoms with Gasteiger partial charge in [0.25, 0.3) is 0 Å². The van der Waals surface area contributed by atoms with Crippen LogP contribution >= 0.6 is 0 Å². The molecule has 0 bridgehead atoms. The lowest BCUT2D eigenvalue weighted by atomic mass is 10.1. The standard InChI is InChI=1S/C13H24O4/c1-16-12(14)10-8-6-4-3-5-7-9-11-13(15)17-2/h3-11H2,1-2H3. The third kappa shape index (κ3) is 11.2. The Bertz CT molecular complexity index is 191. The molecule has 0 fully saturated rings. The number of esters is 2. The molecule has 0 aliphatic carbocycles. The summed E-state index contributed by atoms with van der Waals surface area (Å²) in [4.78, 5) is 21.6. The van der Waals surface area contributed by atoms with Crippen molar-refractivity contribution in [3.8, 4) is 0 Å². The molecule has 0 aromatic carbocycles. The highest BCUT2D eigenvalue weighted by Crippen LogP contribution is 2.10. The van der Waals surface area contributed by atoms with E-state index in [9.17, 15) is 9.59 Å². The molecule has 0 aliphatic heterocycles. The molecule has 100 valence electrons. The van der Waals surface area contributed by atoms with Gasteiger partial charge in [-0.05, 0) is 12.8 Å². The Morgan fingerprint density at radius 1 is 0.647 bits per heavy atom. The van der Waals surface area contributed by atoms with E-state index < -0.39 is 0 Å². The molecule has 0 unspecified atom stereocenters. The topological polar surface area (TPSA) is 52.6 Å². The van der Waals surface area contributed by atoms with Gasteiger partial charge in [0.05, 0.1) is 14.2 Å². The van der Waals surface area contributed by atoms with Crippen LogP contribution in [0.5, 0.6) is 0 Å². The van der Waals surface area contributed by atoms with Crippen LogP contribution in [0.15, 0.2) is 0 Å². The van der Waals surface area contributed by atoms with E-state index in [0.717, 1.165) is 38.5 Å². The number of rotatable bonds is 10. The highest BCUT2D eigenvalue weighted by atomic mass is 16.5. The van der Waals surface area contributed by atoms with E-state index in [4.69, 9.17) is 0 Å². The van der Waals surface area contributed by atoms with E-state index in [1.54, 1.807) is 0 Å². The highest BCUT2D eigenvalue weighted by Gasteiger charge is 2.00. The maximum absolute atomic E-state index is 10.8. The van der Waals surface area contributed by atoms with Crippen molar-refractivity contribution in [2.75, 3.05) is 14.2 Å². The molecule has 4 nitrogen and oxygen atoms in total. The first-order valence-electron chi connectivity index (χ1n) is 6.34. The van der Waals surface area contributed by atoms with Gasteiger partial charge in [0.2, 0.25) is 0 Å². The van der Waals surface area contributed by atoms with Crippen LogP contribution in [0.2, 0.25) is 0 Å². The number of carbonyl (C=O) groups is 2. The molecule has 0 heterocycles. The Morgan fingerprint density at radius 3 is 1.24 bits per heavy atom. The average molecular weight is 244 g/mol. The summed E-state index contributed by atoms with van der Waals surface area (Å²) < 4.78 is 9.12. The minimum atomic E-state index is -0.122. The second-order valence-electron chi connectivity index (χ2n) is 4.13. The van der Waals surface area contributed by atoms with Crippen LogP contribution in [0.1, 0.15) is 57.8 Å². The fourth-order valence-electron chi connectivity index (χ4n) is 1.63. The van der Waals surface area contributed by atoms with Gasteiger partial charge in [0.1, 0.15) is 0 Å². The summed E-state index contributed by atoms with van der Waals surface area (Å²) in [7, 11) is 2.84. The van der Waals surface area contributed by atoms with Gasteiger partial charge in [-0.1, -0.05) is 32.1 Å². The van der Waals surface area contributed by atoms with E-state index in [1.807, 2.05) is 0 Å². The molecule has 0 radical (unpaired) electrons. The van der Waals surface area contributed by atoms with Crippen LogP contribution < -0.4 is 0 Å². The van der Waals surface area contributed by atoms with Crippen LogP contribution in [-0.2, 0) is 19.1 Å². The Hall–Kier alpha value is -1.06. The zero-order valence-electron chi connectivity index (χ0n) is 11.0. The molecule has 0 atom stereocenters. The summed E-state index contributed by atoms with van der Waals surface area (Å²) in [5.41, 5.74) is 0. The van der Waals surface area contributed by atoms with Crippen molar-refractivity contribution in [2.45, 2.75) is 57.8 Å². The van der Waals surface area contributed by atoms with E-state index in [0.29, 0.717) is 12.8 Å². The average Bonchev–Trinajstić information content (AvgIpc) is 2.35. The summed E-state index contributed by atoms with van der Waals surface area (Å²) in [5, 5.41) is 0. The van der Waals surface area contributed by atoms with Crippen molar-refractivity contribution in [3.05, 3.63) is 0 Å². The third-order valence-corrected chi connectivity index (χ3v) is 2.72. The lowest BCUT2D eigenvalue weighted by Crippen LogP contribution is -1.99. The molecule has 17 heavy (non-hydrogen) atoms. The van der Waals surface area contributed by atoms with Crippen LogP contribution in [0.3, 0.4) is 0 Å². The molecule has 0 amide bonds. The molecule has 0 spiro atoms. The second-order valence-corrected chi connectivity index (χ2v) is 4.13. The fraction of sp³-hybridized carbons (Fsp3) is 0.846. The van der Waals surface area contributed by atoms with Crippen molar-refractivity contribution >= 4 is 11.9 Å². The summed E-state index contributed by atoms with van der Waals surface area (Å²) in [5.74, 6) is -0.244. The fourth-order valence-corrected chi connectivity index (χ4v) is 1.63. The predicted octanol–water partition coefficient (Wildman–Crippen LogP) is 2.84. The van der Waals surface area contributed by atoms with Crippen LogP contribution in [-0.4, -0.2) is 26.2 Å². The maximum Gasteiger partial charge on any atom is 0.305 e. The van der Waals surface area contributed by atoms with Crippen molar-refractivity contribution in [2.24, 2.45) is 0 Å². The van der Waals surface area contributed by atoms with Crippen molar-refractivity contribution in [3.63, 3.8) is 0 Å². The number of hydrogen-bond acceptors (Lipinski definition) is 4. The van der Waals surface area contributed by atoms with Gasteiger partial charge >= 0.3 is 11.9 Å². The molecule has 0 rings (SSSR count). The molecule has 0 aliphatic rings. The first-order valence-corrected chi connectivity index (χ1v) is 6.34. The minimum Gasteiger partial charge on any atom is -0.469 e. The molecular weight excluding hydrogens is 220 g/mol. The summed E-state index contributed by atoms with van der Waals surface area (Å²) in [6.07, 6.45) is 8.49. The van der Waals surface area contributed by atoms with Gasteiger partial charge in [-0.3, -0.25) is 9.59 Å². The second kappa shape index (κ2) is 11.4. The predicted molar refractivity (Wildman–Crippen MR) is 65.6 cm³/mol. The molecule has 0 saturated carbocycles. The van der Waals surface area contributed by atoms with Crippen LogP contribution in [0, 0.1) is 0 Å². The molecule has 0 aromatic heterocycles. The monoisotopic (exact) mass is 244 g/mol. The zero-order chi connectivity index (χ0) is 12.9. The lowest BCUT2D eigenvalue weighted by Gasteiger charge is -2.01. The van der Waals surface area contributed by atoms with Gasteiger partial charge in [-0.2, -0.15) is 0 Å². The largest absolute Gasteiger partial charge is 0.469 e. The van der Waals surface area contributed by atoms with Crippen molar-refractivity contribution in [1.29, 1.82) is 0 Å². The number of hydrogen-bond donors (Lipinski definition) is 0. The number of unbranched alkanes of at least 4 members (excludes halogenated alkanes) is 6. The Labute approximate surface area is 104 Å². The number of carbonyl (C=O) groups excluding carboxylic acids is 2. The molecule has 0 saturated heterocycles. The van der Waals surface area contributed by atoms with E-state index in [1.165, 1.54) is 20.6 Å².